The molecule has 3 aromatic rings. The van der Waals surface area contributed by atoms with Crippen LogP contribution in [0.2, 0.25) is 0 Å². The largest absolute Gasteiger partial charge is 0.420 e. The van der Waals surface area contributed by atoms with Crippen LogP contribution in [0, 0.1) is 11.3 Å². The van der Waals surface area contributed by atoms with Gasteiger partial charge in [0.1, 0.15) is 18.4 Å². The summed E-state index contributed by atoms with van der Waals surface area (Å²) in [4.78, 5) is 30.8. The normalized spacial score (nSPS) is 14.8. The van der Waals surface area contributed by atoms with E-state index < -0.39 is 5.76 Å². The number of carbonyl (C=O) groups is 1. The first-order valence-corrected chi connectivity index (χ1v) is 9.13. The highest BCUT2D eigenvalue weighted by atomic mass is 16.4. The molecule has 4 rings (SSSR count). The second kappa shape index (κ2) is 7.56. The predicted molar refractivity (Wildman–Crippen MR) is 103 cm³/mol. The number of nitriles is 1. The molecule has 8 nitrogen and oxygen atoms in total. The molecule has 1 aliphatic rings. The van der Waals surface area contributed by atoms with Crippen molar-refractivity contribution < 1.29 is 9.21 Å². The van der Waals surface area contributed by atoms with Crippen molar-refractivity contribution in [1.29, 1.82) is 5.26 Å². The summed E-state index contributed by atoms with van der Waals surface area (Å²) in [6, 6.07) is 12.7. The number of rotatable bonds is 4. The molecule has 0 radical (unpaired) electrons. The number of hydrogen-bond acceptors (Lipinski definition) is 6. The van der Waals surface area contributed by atoms with E-state index in [0.29, 0.717) is 35.6 Å². The van der Waals surface area contributed by atoms with Crippen LogP contribution >= 0.6 is 0 Å². The SMILES string of the molecule is N#Cc1cccnc1N1CCC(NC(=O)Cn2c(=O)oc3ccccc32)CC1. The lowest BCUT2D eigenvalue weighted by molar-refractivity contribution is -0.122. The molecule has 1 aromatic carbocycles. The van der Waals surface area contributed by atoms with E-state index in [0.717, 1.165) is 12.8 Å². The summed E-state index contributed by atoms with van der Waals surface area (Å²) >= 11 is 0. The number of benzene rings is 1. The summed E-state index contributed by atoms with van der Waals surface area (Å²) in [5.74, 6) is -0.0702. The third-order valence-corrected chi connectivity index (χ3v) is 4.94. The van der Waals surface area contributed by atoms with Crippen LogP contribution in [0.4, 0.5) is 5.82 Å². The first-order valence-electron chi connectivity index (χ1n) is 9.13. The van der Waals surface area contributed by atoms with E-state index in [-0.39, 0.29) is 18.5 Å². The summed E-state index contributed by atoms with van der Waals surface area (Å²) in [5, 5.41) is 12.2. The number of nitrogens with one attached hydrogen (secondary N) is 1. The molecule has 8 heteroatoms. The van der Waals surface area contributed by atoms with Gasteiger partial charge in [-0.2, -0.15) is 5.26 Å². The lowest BCUT2D eigenvalue weighted by Gasteiger charge is -2.33. The first-order chi connectivity index (χ1) is 13.7. The zero-order valence-electron chi connectivity index (χ0n) is 15.2. The standard InChI is InChI=1S/C20H19N5O3/c21-12-14-4-3-9-22-19(14)24-10-7-15(8-11-24)23-18(26)13-25-16-5-1-2-6-17(16)28-20(25)27/h1-6,9,15H,7-8,10-11,13H2,(H,23,26). The number of pyridine rings is 1. The van der Waals surface area contributed by atoms with Gasteiger partial charge < -0.3 is 14.6 Å². The number of fused-ring (bicyclic) bond motifs is 1. The molecule has 1 fully saturated rings. The number of piperidine rings is 1. The van der Waals surface area contributed by atoms with E-state index in [1.807, 2.05) is 0 Å². The Morgan fingerprint density at radius 1 is 1.25 bits per heavy atom. The van der Waals surface area contributed by atoms with Crippen LogP contribution in [0.3, 0.4) is 0 Å². The first kappa shape index (κ1) is 17.8. The van der Waals surface area contributed by atoms with Gasteiger partial charge in [0.15, 0.2) is 5.58 Å². The Morgan fingerprint density at radius 2 is 2.04 bits per heavy atom. The molecule has 1 saturated heterocycles. The van der Waals surface area contributed by atoms with Gasteiger partial charge in [0.25, 0.3) is 0 Å². The molecule has 0 atom stereocenters. The van der Waals surface area contributed by atoms with Crippen LogP contribution in [0.1, 0.15) is 18.4 Å². The van der Waals surface area contributed by atoms with Crippen molar-refractivity contribution in [3.63, 3.8) is 0 Å². The Bertz CT molecular complexity index is 1100. The second-order valence-electron chi connectivity index (χ2n) is 6.74. The van der Waals surface area contributed by atoms with Crippen molar-refractivity contribution in [2.24, 2.45) is 0 Å². The highest BCUT2D eigenvalue weighted by Gasteiger charge is 2.23. The fourth-order valence-corrected chi connectivity index (χ4v) is 3.55. The minimum Gasteiger partial charge on any atom is -0.408 e. The molecule has 0 spiro atoms. The van der Waals surface area contributed by atoms with Gasteiger partial charge in [-0.3, -0.25) is 9.36 Å². The van der Waals surface area contributed by atoms with Crippen molar-refractivity contribution >= 4 is 22.8 Å². The molecular weight excluding hydrogens is 358 g/mol. The van der Waals surface area contributed by atoms with E-state index in [1.165, 1.54) is 4.57 Å². The van der Waals surface area contributed by atoms with E-state index in [2.05, 4.69) is 21.3 Å². The molecule has 1 aliphatic heterocycles. The summed E-state index contributed by atoms with van der Waals surface area (Å²) in [6.07, 6.45) is 3.17. The molecule has 3 heterocycles. The van der Waals surface area contributed by atoms with Crippen LogP contribution in [0.5, 0.6) is 0 Å². The number of hydrogen-bond donors (Lipinski definition) is 1. The van der Waals surface area contributed by atoms with Gasteiger partial charge in [-0.1, -0.05) is 12.1 Å². The van der Waals surface area contributed by atoms with Gasteiger partial charge in [0, 0.05) is 25.3 Å². The summed E-state index contributed by atoms with van der Waals surface area (Å²) in [7, 11) is 0. The molecule has 28 heavy (non-hydrogen) atoms. The third-order valence-electron chi connectivity index (χ3n) is 4.94. The third kappa shape index (κ3) is 3.47. The molecule has 1 amide bonds. The molecular formula is C20H19N5O3. The summed E-state index contributed by atoms with van der Waals surface area (Å²) < 4.78 is 6.50. The van der Waals surface area contributed by atoms with Crippen molar-refractivity contribution in [1.82, 2.24) is 14.9 Å². The van der Waals surface area contributed by atoms with Gasteiger partial charge in [-0.05, 0) is 37.1 Å². The van der Waals surface area contributed by atoms with E-state index in [4.69, 9.17) is 4.42 Å². The van der Waals surface area contributed by atoms with Gasteiger partial charge in [0.05, 0.1) is 11.1 Å². The van der Waals surface area contributed by atoms with Crippen molar-refractivity contribution in [2.45, 2.75) is 25.4 Å². The van der Waals surface area contributed by atoms with Crippen molar-refractivity contribution in [2.75, 3.05) is 18.0 Å². The van der Waals surface area contributed by atoms with E-state index in [1.54, 1.807) is 42.6 Å². The van der Waals surface area contributed by atoms with Crippen LogP contribution in [0.15, 0.2) is 51.8 Å². The summed E-state index contributed by atoms with van der Waals surface area (Å²) in [5.41, 5.74) is 1.63. The van der Waals surface area contributed by atoms with E-state index in [9.17, 15) is 14.9 Å². The zero-order chi connectivity index (χ0) is 19.5. The van der Waals surface area contributed by atoms with Crippen LogP contribution < -0.4 is 16.0 Å². The van der Waals surface area contributed by atoms with E-state index >= 15 is 0 Å². The quantitative estimate of drug-likeness (QED) is 0.741. The molecule has 0 unspecified atom stereocenters. The average Bonchev–Trinajstić information content (AvgIpc) is 3.04. The Labute approximate surface area is 161 Å². The number of oxazole rings is 1. The Morgan fingerprint density at radius 3 is 2.82 bits per heavy atom. The van der Waals surface area contributed by atoms with Crippen molar-refractivity contribution in [3.8, 4) is 6.07 Å². The predicted octanol–water partition coefficient (Wildman–Crippen LogP) is 1.65. The molecule has 0 bridgehead atoms. The van der Waals surface area contributed by atoms with Gasteiger partial charge in [-0.15, -0.1) is 0 Å². The fraction of sp³-hybridized carbons (Fsp3) is 0.300. The number of para-hydroxylation sites is 2. The minimum absolute atomic E-state index is 0.0202. The number of amides is 1. The minimum atomic E-state index is -0.537. The maximum atomic E-state index is 12.4. The summed E-state index contributed by atoms with van der Waals surface area (Å²) in [6.45, 7) is 1.32. The average molecular weight is 377 g/mol. The highest BCUT2D eigenvalue weighted by molar-refractivity contribution is 5.79. The lowest BCUT2D eigenvalue weighted by Crippen LogP contribution is -2.46. The molecule has 142 valence electrons. The Kier molecular flexibility index (Phi) is 4.81. The molecule has 1 N–H and O–H groups in total. The number of anilines is 1. The van der Waals surface area contributed by atoms with Crippen LogP contribution in [0.25, 0.3) is 11.1 Å². The molecule has 0 aliphatic carbocycles. The smallest absolute Gasteiger partial charge is 0.408 e. The van der Waals surface area contributed by atoms with Crippen molar-refractivity contribution in [3.05, 3.63) is 58.7 Å². The molecule has 2 aromatic heterocycles. The van der Waals surface area contributed by atoms with Crippen LogP contribution in [-0.2, 0) is 11.3 Å². The Balaban J connectivity index is 1.37. The maximum absolute atomic E-state index is 12.4. The second-order valence-corrected chi connectivity index (χ2v) is 6.74. The number of nitrogens with zero attached hydrogens (tertiary/aromatic N) is 4. The number of aromatic nitrogens is 2. The van der Waals surface area contributed by atoms with Gasteiger partial charge in [-0.25, -0.2) is 9.78 Å². The zero-order valence-corrected chi connectivity index (χ0v) is 15.2. The van der Waals surface area contributed by atoms with Gasteiger partial charge >= 0.3 is 5.76 Å². The fourth-order valence-electron chi connectivity index (χ4n) is 3.55. The monoisotopic (exact) mass is 377 g/mol. The topological polar surface area (TPSA) is 104 Å². The molecule has 0 saturated carbocycles. The van der Waals surface area contributed by atoms with Gasteiger partial charge in [0.2, 0.25) is 5.91 Å². The number of carbonyl (C=O) groups excluding carboxylic acids is 1. The van der Waals surface area contributed by atoms with Crippen LogP contribution in [-0.4, -0.2) is 34.6 Å². The Hall–Kier alpha value is -3.60. The maximum Gasteiger partial charge on any atom is 0.420 e. The lowest BCUT2D eigenvalue weighted by atomic mass is 10.0. The highest BCUT2D eigenvalue weighted by Crippen LogP contribution is 2.21.